The van der Waals surface area contributed by atoms with Gasteiger partial charge in [0, 0.05) is 12.6 Å². The molecule has 0 bridgehead atoms. The van der Waals surface area contributed by atoms with Crippen molar-refractivity contribution >= 4 is 5.65 Å². The lowest BCUT2D eigenvalue weighted by Crippen LogP contribution is -2.38. The van der Waals surface area contributed by atoms with Crippen molar-refractivity contribution < 1.29 is 4.74 Å². The zero-order chi connectivity index (χ0) is 17.7. The standard InChI is InChI=1S/C20H23N5O/c1-24-11-10-17(24)20-23-22-19-9-6-13(12-25(19)20)26-18-8-7-16(21)14-4-2-3-5-15(14)18/h2-6,9,12,16-18H,7-8,10-11,21H2,1H3/t16-,17-,18+/m0/s1. The number of nitrogens with two attached hydrogens (primary N) is 1. The first-order valence-corrected chi connectivity index (χ1v) is 9.26. The highest BCUT2D eigenvalue weighted by molar-refractivity contribution is 5.42. The van der Waals surface area contributed by atoms with Crippen LogP contribution in [0.5, 0.6) is 5.75 Å². The molecule has 0 unspecified atom stereocenters. The zero-order valence-electron chi connectivity index (χ0n) is 14.9. The van der Waals surface area contributed by atoms with Gasteiger partial charge in [-0.15, -0.1) is 10.2 Å². The summed E-state index contributed by atoms with van der Waals surface area (Å²) in [4.78, 5) is 2.29. The highest BCUT2D eigenvalue weighted by atomic mass is 16.5. The highest BCUT2D eigenvalue weighted by Crippen LogP contribution is 2.38. The van der Waals surface area contributed by atoms with Crippen LogP contribution in [0.1, 0.15) is 54.4 Å². The Hall–Kier alpha value is -2.44. The summed E-state index contributed by atoms with van der Waals surface area (Å²) in [7, 11) is 2.12. The summed E-state index contributed by atoms with van der Waals surface area (Å²) in [5.74, 6) is 1.83. The van der Waals surface area contributed by atoms with E-state index < -0.39 is 0 Å². The SMILES string of the molecule is CN1CC[C@H]1c1nnc2ccc(O[C@@H]3CC[C@H](N)c4ccccc43)cn12. The Bertz CT molecular complexity index is 952. The molecular weight excluding hydrogens is 326 g/mol. The van der Waals surface area contributed by atoms with Crippen LogP contribution in [0.4, 0.5) is 0 Å². The lowest BCUT2D eigenvalue weighted by molar-refractivity contribution is 0.119. The minimum absolute atomic E-state index is 0.0368. The molecule has 1 fully saturated rings. The molecule has 2 N–H and O–H groups in total. The summed E-state index contributed by atoms with van der Waals surface area (Å²) < 4.78 is 8.44. The van der Waals surface area contributed by atoms with Gasteiger partial charge >= 0.3 is 0 Å². The van der Waals surface area contributed by atoms with Crippen LogP contribution in [0.3, 0.4) is 0 Å². The third-order valence-electron chi connectivity index (χ3n) is 5.75. The van der Waals surface area contributed by atoms with Gasteiger partial charge in [0.2, 0.25) is 0 Å². The predicted molar refractivity (Wildman–Crippen MR) is 98.9 cm³/mol. The number of benzene rings is 1. The monoisotopic (exact) mass is 349 g/mol. The molecule has 0 saturated carbocycles. The maximum absolute atomic E-state index is 6.38. The number of hydrogen-bond donors (Lipinski definition) is 1. The van der Waals surface area contributed by atoms with Gasteiger partial charge in [-0.3, -0.25) is 9.30 Å². The average molecular weight is 349 g/mol. The van der Waals surface area contributed by atoms with E-state index in [0.29, 0.717) is 6.04 Å². The third kappa shape index (κ3) is 2.48. The van der Waals surface area contributed by atoms with Crippen LogP contribution in [0.25, 0.3) is 5.65 Å². The Balaban J connectivity index is 1.47. The maximum Gasteiger partial charge on any atom is 0.161 e. The van der Waals surface area contributed by atoms with E-state index in [-0.39, 0.29) is 12.1 Å². The molecule has 1 aliphatic carbocycles. The molecule has 134 valence electrons. The van der Waals surface area contributed by atoms with Crippen molar-refractivity contribution in [3.8, 4) is 5.75 Å². The first kappa shape index (κ1) is 15.8. The smallest absolute Gasteiger partial charge is 0.161 e. The minimum Gasteiger partial charge on any atom is -0.484 e. The zero-order valence-corrected chi connectivity index (χ0v) is 14.9. The van der Waals surface area contributed by atoms with Crippen molar-refractivity contribution in [1.29, 1.82) is 0 Å². The summed E-state index contributed by atoms with van der Waals surface area (Å²) in [6.45, 7) is 1.11. The third-order valence-corrected chi connectivity index (χ3v) is 5.75. The lowest BCUT2D eigenvalue weighted by Gasteiger charge is -2.36. The quantitative estimate of drug-likeness (QED) is 0.787. The van der Waals surface area contributed by atoms with E-state index in [0.717, 1.165) is 43.0 Å². The molecule has 0 spiro atoms. The minimum atomic E-state index is 0.0368. The maximum atomic E-state index is 6.38. The largest absolute Gasteiger partial charge is 0.484 e. The van der Waals surface area contributed by atoms with Crippen molar-refractivity contribution in [2.75, 3.05) is 13.6 Å². The molecule has 3 aromatic rings. The fourth-order valence-electron chi connectivity index (χ4n) is 4.10. The Morgan fingerprint density at radius 1 is 1.04 bits per heavy atom. The van der Waals surface area contributed by atoms with Crippen LogP contribution in [0.15, 0.2) is 42.6 Å². The topological polar surface area (TPSA) is 68.7 Å². The van der Waals surface area contributed by atoms with Gasteiger partial charge in [-0.05, 0) is 49.6 Å². The first-order chi connectivity index (χ1) is 12.7. The number of pyridine rings is 1. The van der Waals surface area contributed by atoms with Gasteiger partial charge < -0.3 is 10.5 Å². The second kappa shape index (κ2) is 6.07. The number of fused-ring (bicyclic) bond motifs is 2. The molecule has 2 aromatic heterocycles. The average Bonchev–Trinajstić information content (AvgIpc) is 3.06. The van der Waals surface area contributed by atoms with Gasteiger partial charge in [-0.1, -0.05) is 24.3 Å². The summed E-state index contributed by atoms with van der Waals surface area (Å²) in [6, 6.07) is 12.8. The molecule has 1 aromatic carbocycles. The van der Waals surface area contributed by atoms with Crippen molar-refractivity contribution in [3.63, 3.8) is 0 Å². The Kier molecular flexibility index (Phi) is 3.69. The van der Waals surface area contributed by atoms with Gasteiger partial charge in [0.15, 0.2) is 11.5 Å². The second-order valence-corrected chi connectivity index (χ2v) is 7.36. The van der Waals surface area contributed by atoms with Crippen LogP contribution in [-0.4, -0.2) is 33.1 Å². The molecule has 5 rings (SSSR count). The normalized spacial score (nSPS) is 25.7. The predicted octanol–water partition coefficient (Wildman–Crippen LogP) is 3.02. The second-order valence-electron chi connectivity index (χ2n) is 7.36. The van der Waals surface area contributed by atoms with Gasteiger partial charge in [0.05, 0.1) is 12.2 Å². The van der Waals surface area contributed by atoms with Crippen molar-refractivity contribution in [2.24, 2.45) is 5.73 Å². The van der Waals surface area contributed by atoms with Crippen molar-refractivity contribution in [3.05, 3.63) is 59.5 Å². The fourth-order valence-corrected chi connectivity index (χ4v) is 4.10. The van der Waals surface area contributed by atoms with Crippen LogP contribution in [0.2, 0.25) is 0 Å². The van der Waals surface area contributed by atoms with E-state index in [1.54, 1.807) is 0 Å². The molecule has 6 nitrogen and oxygen atoms in total. The molecular formula is C20H23N5O. The number of hydrogen-bond acceptors (Lipinski definition) is 5. The van der Waals surface area contributed by atoms with Crippen LogP contribution in [-0.2, 0) is 0 Å². The number of aromatic nitrogens is 3. The van der Waals surface area contributed by atoms with Gasteiger partial charge in [-0.2, -0.15) is 0 Å². The molecule has 3 atom stereocenters. The van der Waals surface area contributed by atoms with Crippen LogP contribution >= 0.6 is 0 Å². The molecule has 3 heterocycles. The van der Waals surface area contributed by atoms with E-state index in [4.69, 9.17) is 10.5 Å². The Labute approximate surface area is 152 Å². The summed E-state index contributed by atoms with van der Waals surface area (Å²) >= 11 is 0. The molecule has 0 amide bonds. The fraction of sp³-hybridized carbons (Fsp3) is 0.400. The van der Waals surface area contributed by atoms with Crippen molar-refractivity contribution in [1.82, 2.24) is 19.5 Å². The summed E-state index contributed by atoms with van der Waals surface area (Å²) in [5, 5.41) is 8.70. The molecule has 1 saturated heterocycles. The van der Waals surface area contributed by atoms with Gasteiger partial charge in [0.1, 0.15) is 11.9 Å². The van der Waals surface area contributed by atoms with E-state index in [9.17, 15) is 0 Å². The summed E-state index contributed by atoms with van der Waals surface area (Å²) in [6.07, 6.45) is 5.05. The van der Waals surface area contributed by atoms with E-state index in [1.165, 1.54) is 11.1 Å². The highest BCUT2D eigenvalue weighted by Gasteiger charge is 2.30. The Morgan fingerprint density at radius 3 is 2.65 bits per heavy atom. The number of likely N-dealkylation sites (tertiary alicyclic amines) is 1. The van der Waals surface area contributed by atoms with E-state index in [1.807, 2.05) is 24.4 Å². The number of rotatable bonds is 3. The van der Waals surface area contributed by atoms with Crippen LogP contribution < -0.4 is 10.5 Å². The van der Waals surface area contributed by atoms with E-state index in [2.05, 4.69) is 44.7 Å². The van der Waals surface area contributed by atoms with Crippen molar-refractivity contribution in [2.45, 2.75) is 37.5 Å². The molecule has 26 heavy (non-hydrogen) atoms. The van der Waals surface area contributed by atoms with Gasteiger partial charge in [-0.25, -0.2) is 0 Å². The molecule has 0 radical (unpaired) electrons. The Morgan fingerprint density at radius 2 is 1.88 bits per heavy atom. The number of ether oxygens (including phenoxy) is 1. The lowest BCUT2D eigenvalue weighted by atomic mass is 9.86. The van der Waals surface area contributed by atoms with Crippen LogP contribution in [0, 0.1) is 0 Å². The molecule has 1 aliphatic heterocycles. The molecule has 2 aliphatic rings. The first-order valence-electron chi connectivity index (χ1n) is 9.26. The molecule has 6 heteroatoms. The van der Waals surface area contributed by atoms with E-state index >= 15 is 0 Å². The van der Waals surface area contributed by atoms with Gasteiger partial charge in [0.25, 0.3) is 0 Å². The number of nitrogens with zero attached hydrogens (tertiary/aromatic N) is 4. The summed E-state index contributed by atoms with van der Waals surface area (Å²) in [5.41, 5.74) is 9.53.